The number of carbonyl (C=O) groups is 1. The molecular formula is C29H21BrN2O. The average molecular weight is 493 g/mol. The van der Waals surface area contributed by atoms with Crippen LogP contribution in [0.15, 0.2) is 125 Å². The zero-order valence-corrected chi connectivity index (χ0v) is 19.4. The number of benzene rings is 4. The number of nitrogens with zero attached hydrogens (tertiary/aromatic N) is 1. The van der Waals surface area contributed by atoms with Crippen LogP contribution in [0.2, 0.25) is 0 Å². The van der Waals surface area contributed by atoms with Crippen LogP contribution in [0.1, 0.15) is 11.1 Å². The highest BCUT2D eigenvalue weighted by atomic mass is 79.9. The van der Waals surface area contributed by atoms with Crippen molar-refractivity contribution in [2.24, 2.45) is 0 Å². The van der Waals surface area contributed by atoms with E-state index in [9.17, 15) is 4.79 Å². The van der Waals surface area contributed by atoms with Crippen LogP contribution < -0.4 is 10.2 Å². The first-order valence-electron chi connectivity index (χ1n) is 10.7. The quantitative estimate of drug-likeness (QED) is 0.290. The molecule has 0 aromatic heterocycles. The molecule has 4 aromatic carbocycles. The summed E-state index contributed by atoms with van der Waals surface area (Å²) in [7, 11) is 0. The van der Waals surface area contributed by atoms with E-state index in [0.29, 0.717) is 5.57 Å². The molecule has 5 rings (SSSR count). The van der Waals surface area contributed by atoms with E-state index in [1.807, 2.05) is 121 Å². The van der Waals surface area contributed by atoms with Gasteiger partial charge in [0, 0.05) is 27.1 Å². The highest BCUT2D eigenvalue weighted by molar-refractivity contribution is 9.10. The van der Waals surface area contributed by atoms with Crippen LogP contribution in [0, 0.1) is 0 Å². The summed E-state index contributed by atoms with van der Waals surface area (Å²) >= 11 is 3.46. The van der Waals surface area contributed by atoms with Crippen molar-refractivity contribution < 1.29 is 4.79 Å². The predicted molar refractivity (Wildman–Crippen MR) is 140 cm³/mol. The molecule has 160 valence electrons. The molecule has 1 N–H and O–H groups in total. The molecule has 0 unspecified atom stereocenters. The van der Waals surface area contributed by atoms with Gasteiger partial charge in [-0.3, -0.25) is 9.69 Å². The van der Waals surface area contributed by atoms with Crippen molar-refractivity contribution in [3.63, 3.8) is 0 Å². The molecule has 0 radical (unpaired) electrons. The fourth-order valence-corrected chi connectivity index (χ4v) is 4.08. The molecule has 0 saturated heterocycles. The van der Waals surface area contributed by atoms with Crippen molar-refractivity contribution >= 4 is 50.7 Å². The Morgan fingerprint density at radius 2 is 1.30 bits per heavy atom. The van der Waals surface area contributed by atoms with E-state index in [4.69, 9.17) is 0 Å². The number of para-hydroxylation sites is 1. The highest BCUT2D eigenvalue weighted by Gasteiger charge is 2.30. The molecule has 3 nitrogen and oxygen atoms in total. The monoisotopic (exact) mass is 492 g/mol. The summed E-state index contributed by atoms with van der Waals surface area (Å²) in [5.74, 6) is -0.0412. The van der Waals surface area contributed by atoms with Gasteiger partial charge in [0.1, 0.15) is 0 Å². The maximum Gasteiger partial charge on any atom is 0.262 e. The second kappa shape index (κ2) is 9.31. The van der Waals surface area contributed by atoms with Gasteiger partial charge in [0.15, 0.2) is 0 Å². The number of halogens is 1. The van der Waals surface area contributed by atoms with Crippen molar-refractivity contribution in [1.82, 2.24) is 0 Å². The summed E-state index contributed by atoms with van der Waals surface area (Å²) in [6.07, 6.45) is 3.90. The first-order chi connectivity index (χ1) is 16.2. The molecule has 4 heteroatoms. The highest BCUT2D eigenvalue weighted by Crippen LogP contribution is 2.36. The van der Waals surface area contributed by atoms with Gasteiger partial charge in [0.2, 0.25) is 0 Å². The van der Waals surface area contributed by atoms with E-state index in [-0.39, 0.29) is 5.91 Å². The topological polar surface area (TPSA) is 32.3 Å². The fourth-order valence-electron chi connectivity index (χ4n) is 3.81. The van der Waals surface area contributed by atoms with Gasteiger partial charge in [-0.05, 0) is 71.8 Å². The smallest absolute Gasteiger partial charge is 0.262 e. The van der Waals surface area contributed by atoms with Crippen LogP contribution in [0.4, 0.5) is 17.1 Å². The number of anilines is 3. The van der Waals surface area contributed by atoms with E-state index in [0.717, 1.165) is 38.4 Å². The molecular weight excluding hydrogens is 472 g/mol. The second-order valence-corrected chi connectivity index (χ2v) is 8.64. The van der Waals surface area contributed by atoms with E-state index in [2.05, 4.69) is 21.2 Å². The number of hydrogen-bond acceptors (Lipinski definition) is 2. The Labute approximate surface area is 201 Å². The van der Waals surface area contributed by atoms with Gasteiger partial charge in [0.05, 0.1) is 5.70 Å². The molecule has 1 aliphatic rings. The zero-order valence-electron chi connectivity index (χ0n) is 17.8. The van der Waals surface area contributed by atoms with Crippen molar-refractivity contribution in [2.45, 2.75) is 0 Å². The maximum absolute atomic E-state index is 13.5. The van der Waals surface area contributed by atoms with Gasteiger partial charge in [0.25, 0.3) is 5.91 Å². The van der Waals surface area contributed by atoms with E-state index < -0.39 is 0 Å². The summed E-state index contributed by atoms with van der Waals surface area (Å²) in [6, 6.07) is 35.9. The van der Waals surface area contributed by atoms with Crippen molar-refractivity contribution in [1.29, 1.82) is 0 Å². The Morgan fingerprint density at radius 1 is 0.697 bits per heavy atom. The number of carbonyl (C=O) groups excluding carboxylic acids is 1. The van der Waals surface area contributed by atoms with Crippen LogP contribution >= 0.6 is 15.9 Å². The SMILES string of the molecule is O=C1/C(=C/c2ccc(Br)cc2)C=C(c2ccccc2)N1c1ccc(Nc2ccccc2)cc1. The molecule has 1 amide bonds. The molecule has 0 atom stereocenters. The number of rotatable bonds is 5. The summed E-state index contributed by atoms with van der Waals surface area (Å²) in [6.45, 7) is 0. The van der Waals surface area contributed by atoms with E-state index in [1.54, 1.807) is 4.90 Å². The summed E-state index contributed by atoms with van der Waals surface area (Å²) < 4.78 is 1.01. The molecule has 0 saturated carbocycles. The third-order valence-electron chi connectivity index (χ3n) is 5.43. The summed E-state index contributed by atoms with van der Waals surface area (Å²) in [5, 5.41) is 3.39. The van der Waals surface area contributed by atoms with Crippen LogP contribution in [0.3, 0.4) is 0 Å². The lowest BCUT2D eigenvalue weighted by molar-refractivity contribution is -0.113. The summed E-state index contributed by atoms with van der Waals surface area (Å²) in [4.78, 5) is 15.3. The molecule has 0 spiro atoms. The lowest BCUT2D eigenvalue weighted by Gasteiger charge is -2.21. The third kappa shape index (κ3) is 4.66. The standard InChI is InChI=1S/C29H21BrN2O/c30-24-13-11-21(12-14-24)19-23-20-28(22-7-3-1-4-8-22)32(29(23)33)27-17-15-26(16-18-27)31-25-9-5-2-6-10-25/h1-20,31H/b23-19+. The van der Waals surface area contributed by atoms with Gasteiger partial charge >= 0.3 is 0 Å². The second-order valence-electron chi connectivity index (χ2n) is 7.73. The van der Waals surface area contributed by atoms with Crippen LogP contribution in [-0.4, -0.2) is 5.91 Å². The average Bonchev–Trinajstić information content (AvgIpc) is 3.18. The molecule has 4 aromatic rings. The zero-order chi connectivity index (χ0) is 22.6. The molecule has 1 heterocycles. The predicted octanol–water partition coefficient (Wildman–Crippen LogP) is 7.66. The van der Waals surface area contributed by atoms with Gasteiger partial charge in [-0.2, -0.15) is 0 Å². The summed E-state index contributed by atoms with van der Waals surface area (Å²) in [5.41, 5.74) is 6.31. The number of amides is 1. The largest absolute Gasteiger partial charge is 0.356 e. The Bertz CT molecular complexity index is 1330. The van der Waals surface area contributed by atoms with Crippen molar-refractivity contribution in [2.75, 3.05) is 10.2 Å². The fraction of sp³-hybridized carbons (Fsp3) is 0. The molecule has 33 heavy (non-hydrogen) atoms. The van der Waals surface area contributed by atoms with Gasteiger partial charge in [-0.1, -0.05) is 76.6 Å². The molecule has 1 aliphatic heterocycles. The lowest BCUT2D eigenvalue weighted by Crippen LogP contribution is -2.24. The van der Waals surface area contributed by atoms with Crippen LogP contribution in [0.25, 0.3) is 11.8 Å². The Morgan fingerprint density at radius 3 is 1.97 bits per heavy atom. The number of hydrogen-bond donors (Lipinski definition) is 1. The Balaban J connectivity index is 1.49. The minimum atomic E-state index is -0.0412. The van der Waals surface area contributed by atoms with Crippen molar-refractivity contribution in [3.8, 4) is 0 Å². The van der Waals surface area contributed by atoms with Crippen LogP contribution in [-0.2, 0) is 4.79 Å². The molecule has 0 aliphatic carbocycles. The molecule has 0 bridgehead atoms. The minimum Gasteiger partial charge on any atom is -0.356 e. The van der Waals surface area contributed by atoms with E-state index in [1.165, 1.54) is 0 Å². The van der Waals surface area contributed by atoms with E-state index >= 15 is 0 Å². The Kier molecular flexibility index (Phi) is 5.92. The molecule has 0 fully saturated rings. The lowest BCUT2D eigenvalue weighted by atomic mass is 10.1. The normalized spacial score (nSPS) is 14.5. The third-order valence-corrected chi connectivity index (χ3v) is 5.96. The van der Waals surface area contributed by atoms with Gasteiger partial charge < -0.3 is 5.32 Å². The minimum absolute atomic E-state index is 0.0412. The van der Waals surface area contributed by atoms with Crippen LogP contribution in [0.5, 0.6) is 0 Å². The first kappa shape index (κ1) is 21.0. The van der Waals surface area contributed by atoms with Gasteiger partial charge in [-0.15, -0.1) is 0 Å². The first-order valence-corrected chi connectivity index (χ1v) is 11.5. The number of nitrogens with one attached hydrogen (secondary N) is 1. The van der Waals surface area contributed by atoms with Crippen molar-refractivity contribution in [3.05, 3.63) is 136 Å². The Hall–Kier alpha value is -3.89. The van der Waals surface area contributed by atoms with Gasteiger partial charge in [-0.25, -0.2) is 0 Å². The maximum atomic E-state index is 13.5.